The van der Waals surface area contributed by atoms with Crippen molar-refractivity contribution in [3.05, 3.63) is 59.8 Å². The van der Waals surface area contributed by atoms with E-state index >= 15 is 0 Å². The van der Waals surface area contributed by atoms with Crippen LogP contribution in [-0.2, 0) is 11.2 Å². The van der Waals surface area contributed by atoms with Gasteiger partial charge in [0.2, 0.25) is 11.8 Å². The van der Waals surface area contributed by atoms with Gasteiger partial charge in [-0.15, -0.1) is 0 Å². The second-order valence-electron chi connectivity index (χ2n) is 9.24. The molecule has 8 heteroatoms. The summed E-state index contributed by atoms with van der Waals surface area (Å²) in [7, 11) is 1.57. The first kappa shape index (κ1) is 23.2. The molecule has 0 unspecified atom stereocenters. The minimum atomic E-state index is -0.0493. The Morgan fingerprint density at radius 3 is 2.74 bits per heavy atom. The second-order valence-corrected chi connectivity index (χ2v) is 9.24. The molecule has 1 fully saturated rings. The maximum atomic E-state index is 13.0. The number of aryl methyl sites for hydroxylation is 1. The van der Waals surface area contributed by atoms with E-state index in [1.54, 1.807) is 25.4 Å². The van der Waals surface area contributed by atoms with E-state index < -0.39 is 0 Å². The summed E-state index contributed by atoms with van der Waals surface area (Å²) in [5.41, 5.74) is 3.99. The van der Waals surface area contributed by atoms with Crippen molar-refractivity contribution < 1.29 is 14.3 Å². The van der Waals surface area contributed by atoms with Crippen LogP contribution in [0.5, 0.6) is 5.88 Å². The van der Waals surface area contributed by atoms with Crippen molar-refractivity contribution in [2.75, 3.05) is 45.2 Å². The quantitative estimate of drug-likeness (QED) is 0.591. The van der Waals surface area contributed by atoms with Crippen molar-refractivity contribution >= 4 is 28.5 Å². The molecule has 0 aliphatic carbocycles. The van der Waals surface area contributed by atoms with Crippen molar-refractivity contribution in [2.45, 2.75) is 25.7 Å². The zero-order chi connectivity index (χ0) is 24.2. The Morgan fingerprint density at radius 2 is 1.91 bits per heavy atom. The smallest absolute Gasteiger partial charge is 0.254 e. The Morgan fingerprint density at radius 1 is 1.09 bits per heavy atom. The second kappa shape index (κ2) is 10.4. The number of pyridine rings is 2. The number of aromatic nitrogens is 2. The molecule has 3 aromatic rings. The number of piperidine rings is 1. The standard InChI is InChI=1S/C27H31N5O3/c1-35-24-9-8-22-25(30-24)23(10-13-28-22)29-26(33)20-11-15-31(16-12-20)17-18-32-14-4-6-19-5-2-3-7-21(19)27(32)34/h2-3,5,7-10,13,20H,4,6,11-12,14-18H2,1H3,(H,28,29,33). The molecule has 1 saturated heterocycles. The molecule has 8 nitrogen and oxygen atoms in total. The number of amides is 2. The maximum Gasteiger partial charge on any atom is 0.254 e. The fourth-order valence-corrected chi connectivity index (χ4v) is 5.03. The number of nitrogens with zero attached hydrogens (tertiary/aromatic N) is 4. The van der Waals surface area contributed by atoms with Crippen molar-refractivity contribution in [1.29, 1.82) is 0 Å². The summed E-state index contributed by atoms with van der Waals surface area (Å²) < 4.78 is 5.23. The fraction of sp³-hybridized carbons (Fsp3) is 0.407. The Balaban J connectivity index is 1.14. The molecule has 35 heavy (non-hydrogen) atoms. The molecule has 0 spiro atoms. The van der Waals surface area contributed by atoms with Crippen LogP contribution >= 0.6 is 0 Å². The third kappa shape index (κ3) is 5.12. The predicted molar refractivity (Wildman–Crippen MR) is 135 cm³/mol. The number of likely N-dealkylation sites (tertiary alicyclic amines) is 1. The van der Waals surface area contributed by atoms with E-state index in [2.05, 4.69) is 26.3 Å². The van der Waals surface area contributed by atoms with Gasteiger partial charge in [-0.3, -0.25) is 14.6 Å². The highest BCUT2D eigenvalue weighted by Crippen LogP contribution is 2.25. The number of nitrogens with one attached hydrogen (secondary N) is 1. The van der Waals surface area contributed by atoms with Crippen LogP contribution in [-0.4, -0.2) is 71.4 Å². The summed E-state index contributed by atoms with van der Waals surface area (Å²) in [6, 6.07) is 13.3. The molecule has 2 aliphatic rings. The minimum Gasteiger partial charge on any atom is -0.481 e. The monoisotopic (exact) mass is 473 g/mol. The van der Waals surface area contributed by atoms with Crippen molar-refractivity contribution in [3.63, 3.8) is 0 Å². The van der Waals surface area contributed by atoms with Gasteiger partial charge in [0.05, 0.1) is 18.3 Å². The Kier molecular flexibility index (Phi) is 6.90. The molecule has 182 valence electrons. The minimum absolute atomic E-state index is 0.0149. The molecule has 2 aliphatic heterocycles. The topological polar surface area (TPSA) is 87.7 Å². The number of rotatable bonds is 6. The van der Waals surface area contributed by atoms with Gasteiger partial charge < -0.3 is 19.9 Å². The summed E-state index contributed by atoms with van der Waals surface area (Å²) in [4.78, 5) is 39.1. The average Bonchev–Trinajstić information content (AvgIpc) is 3.06. The molecule has 1 aromatic carbocycles. The van der Waals surface area contributed by atoms with Crippen LogP contribution in [0.4, 0.5) is 5.69 Å². The lowest BCUT2D eigenvalue weighted by atomic mass is 9.95. The number of anilines is 1. The zero-order valence-electron chi connectivity index (χ0n) is 20.1. The third-order valence-corrected chi connectivity index (χ3v) is 7.08. The van der Waals surface area contributed by atoms with Gasteiger partial charge in [0.25, 0.3) is 5.91 Å². The highest BCUT2D eigenvalue weighted by atomic mass is 16.5. The molecule has 0 radical (unpaired) electrons. The number of carbonyl (C=O) groups excluding carboxylic acids is 2. The normalized spacial score (nSPS) is 17.2. The Hall–Kier alpha value is -3.52. The number of fused-ring (bicyclic) bond motifs is 2. The lowest BCUT2D eigenvalue weighted by Gasteiger charge is -2.33. The summed E-state index contributed by atoms with van der Waals surface area (Å²) in [5.74, 6) is 0.593. The third-order valence-electron chi connectivity index (χ3n) is 7.08. The number of ether oxygens (including phenoxy) is 1. The highest BCUT2D eigenvalue weighted by Gasteiger charge is 2.27. The van der Waals surface area contributed by atoms with Gasteiger partial charge in [0, 0.05) is 43.4 Å². The molecule has 0 saturated carbocycles. The van der Waals surface area contributed by atoms with Gasteiger partial charge in [-0.1, -0.05) is 18.2 Å². The molecule has 0 atom stereocenters. The summed E-state index contributed by atoms with van der Waals surface area (Å²) in [6.07, 6.45) is 5.21. The highest BCUT2D eigenvalue weighted by molar-refractivity contribution is 6.00. The molecular weight excluding hydrogens is 442 g/mol. The van der Waals surface area contributed by atoms with E-state index in [1.165, 1.54) is 0 Å². The molecule has 1 N–H and O–H groups in total. The first-order chi connectivity index (χ1) is 17.1. The SMILES string of the molecule is COc1ccc2nccc(NC(=O)C3CCN(CCN4CCCc5ccccc5C4=O)CC3)c2n1. The average molecular weight is 474 g/mol. The lowest BCUT2D eigenvalue weighted by molar-refractivity contribution is -0.121. The number of hydrogen-bond acceptors (Lipinski definition) is 6. The zero-order valence-corrected chi connectivity index (χ0v) is 20.1. The van der Waals surface area contributed by atoms with Gasteiger partial charge in [-0.25, -0.2) is 4.98 Å². The van der Waals surface area contributed by atoms with Gasteiger partial charge in [-0.05, 0) is 62.5 Å². The van der Waals surface area contributed by atoms with Crippen molar-refractivity contribution in [3.8, 4) is 5.88 Å². The summed E-state index contributed by atoms with van der Waals surface area (Å²) in [5, 5.41) is 3.06. The Labute approximate surface area is 205 Å². The van der Waals surface area contributed by atoms with Crippen molar-refractivity contribution in [1.82, 2.24) is 19.8 Å². The Bertz CT molecular complexity index is 1220. The summed E-state index contributed by atoms with van der Waals surface area (Å²) >= 11 is 0. The molecule has 2 amide bonds. The van der Waals surface area contributed by atoms with Crippen LogP contribution in [0, 0.1) is 5.92 Å². The molecule has 2 aromatic heterocycles. The van der Waals surface area contributed by atoms with Gasteiger partial charge in [-0.2, -0.15) is 0 Å². The fourth-order valence-electron chi connectivity index (χ4n) is 5.03. The predicted octanol–water partition coefficient (Wildman–Crippen LogP) is 3.38. The van der Waals surface area contributed by atoms with Gasteiger partial charge in [0.15, 0.2) is 0 Å². The summed E-state index contributed by atoms with van der Waals surface area (Å²) in [6.45, 7) is 4.05. The van der Waals surface area contributed by atoms with Crippen LogP contribution < -0.4 is 10.1 Å². The largest absolute Gasteiger partial charge is 0.481 e. The van der Waals surface area contributed by atoms with Crippen LogP contribution in [0.1, 0.15) is 35.2 Å². The van der Waals surface area contributed by atoms with Crippen molar-refractivity contribution in [2.24, 2.45) is 5.92 Å². The van der Waals surface area contributed by atoms with E-state index in [9.17, 15) is 9.59 Å². The van der Waals surface area contributed by atoms with E-state index in [0.29, 0.717) is 22.6 Å². The molecule has 5 rings (SSSR count). The van der Waals surface area contributed by atoms with Crippen LogP contribution in [0.15, 0.2) is 48.7 Å². The lowest BCUT2D eigenvalue weighted by Crippen LogP contribution is -2.43. The van der Waals surface area contributed by atoms with Crippen LogP contribution in [0.25, 0.3) is 11.0 Å². The first-order valence-corrected chi connectivity index (χ1v) is 12.3. The van der Waals surface area contributed by atoms with E-state index in [1.807, 2.05) is 29.2 Å². The van der Waals surface area contributed by atoms with E-state index in [4.69, 9.17) is 4.74 Å². The van der Waals surface area contributed by atoms with Crippen LogP contribution in [0.3, 0.4) is 0 Å². The number of methoxy groups -OCH3 is 1. The first-order valence-electron chi connectivity index (χ1n) is 12.3. The maximum absolute atomic E-state index is 13.0. The van der Waals surface area contributed by atoms with Crippen LogP contribution in [0.2, 0.25) is 0 Å². The number of carbonyl (C=O) groups is 2. The van der Waals surface area contributed by atoms with Gasteiger partial charge in [0.1, 0.15) is 5.52 Å². The number of benzene rings is 1. The molecule has 0 bridgehead atoms. The molecule has 4 heterocycles. The van der Waals surface area contributed by atoms with E-state index in [-0.39, 0.29) is 17.7 Å². The molecular formula is C27H31N5O3. The van der Waals surface area contributed by atoms with E-state index in [0.717, 1.165) is 69.5 Å². The number of hydrogen-bond donors (Lipinski definition) is 1. The van der Waals surface area contributed by atoms with Gasteiger partial charge >= 0.3 is 0 Å².